The summed E-state index contributed by atoms with van der Waals surface area (Å²) in [6.07, 6.45) is 5.40. The van der Waals surface area contributed by atoms with Crippen LogP contribution in [0.25, 0.3) is 0 Å². The second-order valence-electron chi connectivity index (χ2n) is 5.34. The van der Waals surface area contributed by atoms with Crippen molar-refractivity contribution in [2.45, 2.75) is 50.9 Å². The van der Waals surface area contributed by atoms with E-state index in [0.717, 1.165) is 39.0 Å². The molecular formula is C13H26N2O2. The minimum absolute atomic E-state index is 0.276. The molecule has 0 saturated carbocycles. The van der Waals surface area contributed by atoms with Crippen LogP contribution in [0.2, 0.25) is 0 Å². The van der Waals surface area contributed by atoms with Crippen molar-refractivity contribution in [2.75, 3.05) is 32.8 Å². The molecule has 2 heterocycles. The maximum Gasteiger partial charge on any atom is 0.0707 e. The first-order valence-corrected chi connectivity index (χ1v) is 7.04. The highest BCUT2D eigenvalue weighted by molar-refractivity contribution is 4.86. The zero-order valence-electron chi connectivity index (χ0n) is 10.9. The molecule has 3 atom stereocenters. The molecule has 2 bridgehead atoms. The summed E-state index contributed by atoms with van der Waals surface area (Å²) in [4.78, 5) is 2.51. The predicted octanol–water partition coefficient (Wildman–Crippen LogP) is 0.600. The van der Waals surface area contributed by atoms with Crippen LogP contribution in [0.5, 0.6) is 0 Å². The third kappa shape index (κ3) is 3.91. The van der Waals surface area contributed by atoms with Crippen LogP contribution in [0.3, 0.4) is 0 Å². The number of aliphatic hydroxyl groups is 1. The van der Waals surface area contributed by atoms with Gasteiger partial charge in [0, 0.05) is 32.3 Å². The number of likely N-dealkylation sites (tertiary alicyclic amines) is 1. The summed E-state index contributed by atoms with van der Waals surface area (Å²) >= 11 is 0. The van der Waals surface area contributed by atoms with Crippen molar-refractivity contribution in [3.05, 3.63) is 0 Å². The highest BCUT2D eigenvalue weighted by Gasteiger charge is 2.34. The fourth-order valence-electron chi connectivity index (χ4n) is 2.92. The molecular weight excluding hydrogens is 216 g/mol. The first-order valence-electron chi connectivity index (χ1n) is 7.04. The Labute approximate surface area is 104 Å². The van der Waals surface area contributed by atoms with E-state index in [4.69, 9.17) is 9.84 Å². The van der Waals surface area contributed by atoms with Gasteiger partial charge in [-0.15, -0.1) is 0 Å². The van der Waals surface area contributed by atoms with E-state index in [0.29, 0.717) is 18.2 Å². The molecule has 0 radical (unpaired) electrons. The van der Waals surface area contributed by atoms with Crippen molar-refractivity contribution in [1.82, 2.24) is 10.2 Å². The lowest BCUT2D eigenvalue weighted by Gasteiger charge is -2.34. The lowest BCUT2D eigenvalue weighted by molar-refractivity contribution is -0.0411. The Balaban J connectivity index is 1.76. The first-order chi connectivity index (χ1) is 8.31. The molecule has 0 spiro atoms. The highest BCUT2D eigenvalue weighted by Crippen LogP contribution is 2.26. The molecule has 2 aliphatic rings. The lowest BCUT2D eigenvalue weighted by Crippen LogP contribution is -2.49. The fraction of sp³-hybridized carbons (Fsp3) is 1.00. The van der Waals surface area contributed by atoms with E-state index in [9.17, 15) is 0 Å². The van der Waals surface area contributed by atoms with E-state index in [1.54, 1.807) is 0 Å². The van der Waals surface area contributed by atoms with Gasteiger partial charge in [-0.25, -0.2) is 0 Å². The van der Waals surface area contributed by atoms with Crippen molar-refractivity contribution in [3.8, 4) is 0 Å². The molecule has 2 aliphatic heterocycles. The summed E-state index contributed by atoms with van der Waals surface area (Å²) in [6.45, 7) is 6.70. The van der Waals surface area contributed by atoms with Gasteiger partial charge >= 0.3 is 0 Å². The average molecular weight is 242 g/mol. The van der Waals surface area contributed by atoms with Gasteiger partial charge in [-0.05, 0) is 32.2 Å². The Morgan fingerprint density at radius 3 is 2.65 bits per heavy atom. The van der Waals surface area contributed by atoms with E-state index in [2.05, 4.69) is 17.1 Å². The van der Waals surface area contributed by atoms with Gasteiger partial charge in [0.05, 0.1) is 12.2 Å². The molecule has 100 valence electrons. The number of ether oxygens (including phenoxy) is 1. The highest BCUT2D eigenvalue weighted by atomic mass is 16.5. The third-order valence-corrected chi connectivity index (χ3v) is 3.76. The predicted molar refractivity (Wildman–Crippen MR) is 68.1 cm³/mol. The molecule has 0 aromatic rings. The summed E-state index contributed by atoms with van der Waals surface area (Å²) in [7, 11) is 0. The number of morpholine rings is 1. The number of hydrogen-bond donors (Lipinski definition) is 2. The number of hydrogen-bond acceptors (Lipinski definition) is 4. The molecule has 4 nitrogen and oxygen atoms in total. The van der Waals surface area contributed by atoms with E-state index < -0.39 is 0 Å². The van der Waals surface area contributed by atoms with Crippen molar-refractivity contribution in [3.63, 3.8) is 0 Å². The molecule has 2 N–H and O–H groups in total. The molecule has 0 aliphatic carbocycles. The third-order valence-electron chi connectivity index (χ3n) is 3.76. The zero-order chi connectivity index (χ0) is 12.1. The molecule has 3 unspecified atom stereocenters. The van der Waals surface area contributed by atoms with Crippen LogP contribution in [-0.4, -0.2) is 61.0 Å². The van der Waals surface area contributed by atoms with Gasteiger partial charge < -0.3 is 15.2 Å². The summed E-state index contributed by atoms with van der Waals surface area (Å²) < 4.78 is 5.84. The van der Waals surface area contributed by atoms with Crippen molar-refractivity contribution in [1.29, 1.82) is 0 Å². The zero-order valence-corrected chi connectivity index (χ0v) is 10.9. The van der Waals surface area contributed by atoms with Crippen LogP contribution < -0.4 is 5.32 Å². The number of nitrogens with zero attached hydrogens (tertiary/aromatic N) is 1. The average Bonchev–Trinajstić information content (AvgIpc) is 2.66. The van der Waals surface area contributed by atoms with E-state index >= 15 is 0 Å². The van der Waals surface area contributed by atoms with Crippen LogP contribution in [0, 0.1) is 0 Å². The Kier molecular flexibility index (Phi) is 5.22. The van der Waals surface area contributed by atoms with Gasteiger partial charge in [-0.2, -0.15) is 0 Å². The van der Waals surface area contributed by atoms with Crippen LogP contribution in [0.1, 0.15) is 32.6 Å². The Morgan fingerprint density at radius 1 is 1.35 bits per heavy atom. The number of rotatable bonds is 7. The van der Waals surface area contributed by atoms with Gasteiger partial charge in [0.2, 0.25) is 0 Å². The minimum atomic E-state index is 0.276. The van der Waals surface area contributed by atoms with E-state index in [-0.39, 0.29) is 6.61 Å². The molecule has 0 amide bonds. The second kappa shape index (κ2) is 6.69. The van der Waals surface area contributed by atoms with Gasteiger partial charge in [-0.1, -0.05) is 6.92 Å². The summed E-state index contributed by atoms with van der Waals surface area (Å²) in [5.74, 6) is 0. The van der Waals surface area contributed by atoms with Crippen LogP contribution in [-0.2, 0) is 4.74 Å². The summed E-state index contributed by atoms with van der Waals surface area (Å²) in [5, 5.41) is 12.6. The maximum atomic E-state index is 9.10. The van der Waals surface area contributed by atoms with Crippen LogP contribution in [0.15, 0.2) is 0 Å². The topological polar surface area (TPSA) is 44.7 Å². The Hall–Kier alpha value is -0.160. The summed E-state index contributed by atoms with van der Waals surface area (Å²) in [6, 6.07) is 0.428. The van der Waals surface area contributed by atoms with Gasteiger partial charge in [0.15, 0.2) is 0 Å². The first kappa shape index (κ1) is 13.3. The van der Waals surface area contributed by atoms with Gasteiger partial charge in [0.1, 0.15) is 0 Å². The largest absolute Gasteiger partial charge is 0.396 e. The lowest BCUT2D eigenvalue weighted by atomic mass is 10.1. The van der Waals surface area contributed by atoms with Gasteiger partial charge in [0.25, 0.3) is 0 Å². The molecule has 17 heavy (non-hydrogen) atoms. The molecule has 0 aromatic carbocycles. The van der Waals surface area contributed by atoms with Crippen LogP contribution in [0.4, 0.5) is 0 Å². The number of aliphatic hydroxyl groups excluding tert-OH is 1. The van der Waals surface area contributed by atoms with Gasteiger partial charge in [-0.3, -0.25) is 4.90 Å². The van der Waals surface area contributed by atoms with Crippen molar-refractivity contribution in [2.24, 2.45) is 0 Å². The quantitative estimate of drug-likeness (QED) is 0.686. The minimum Gasteiger partial charge on any atom is -0.396 e. The molecule has 2 fully saturated rings. The maximum absolute atomic E-state index is 9.10. The molecule has 4 heteroatoms. The molecule has 0 aromatic heterocycles. The fourth-order valence-corrected chi connectivity index (χ4v) is 2.92. The standard InChI is InChI=1S/C13H26N2O2/c1-2-6-14-11(5-7-16)8-15-9-12-3-4-13(10-15)17-12/h11-14,16H,2-10H2,1H3. The van der Waals surface area contributed by atoms with Crippen molar-refractivity contribution >= 4 is 0 Å². The molecule has 2 saturated heterocycles. The Morgan fingerprint density at radius 2 is 2.06 bits per heavy atom. The molecule has 2 rings (SSSR count). The van der Waals surface area contributed by atoms with E-state index in [1.165, 1.54) is 12.8 Å². The normalized spacial score (nSPS) is 30.7. The van der Waals surface area contributed by atoms with Crippen LogP contribution >= 0.6 is 0 Å². The summed E-state index contributed by atoms with van der Waals surface area (Å²) in [5.41, 5.74) is 0. The smallest absolute Gasteiger partial charge is 0.0707 e. The van der Waals surface area contributed by atoms with E-state index in [1.807, 2.05) is 0 Å². The van der Waals surface area contributed by atoms with Crippen molar-refractivity contribution < 1.29 is 9.84 Å². The SMILES string of the molecule is CCCNC(CCO)CN1CC2CCC(C1)O2. The second-order valence-corrected chi connectivity index (χ2v) is 5.34. The Bertz CT molecular complexity index is 213. The number of fused-ring (bicyclic) bond motifs is 2. The monoisotopic (exact) mass is 242 g/mol. The number of nitrogens with one attached hydrogen (secondary N) is 1.